The summed E-state index contributed by atoms with van der Waals surface area (Å²) in [6.07, 6.45) is 0. The highest BCUT2D eigenvalue weighted by molar-refractivity contribution is 5.92. The highest BCUT2D eigenvalue weighted by Crippen LogP contribution is 2.12. The molecular formula is C15H13F3N2O. The average molecular weight is 294 g/mol. The van der Waals surface area contributed by atoms with Crippen LogP contribution in [-0.2, 0) is 13.1 Å². The number of halogens is 3. The molecule has 0 saturated heterocycles. The number of amides is 1. The van der Waals surface area contributed by atoms with Gasteiger partial charge < -0.3 is 11.1 Å². The van der Waals surface area contributed by atoms with E-state index in [1.54, 1.807) is 0 Å². The smallest absolute Gasteiger partial charge is 0.248 e. The predicted octanol–water partition coefficient (Wildman–Crippen LogP) is 2.49. The van der Waals surface area contributed by atoms with Crippen molar-refractivity contribution < 1.29 is 18.0 Å². The molecule has 2 rings (SSSR count). The van der Waals surface area contributed by atoms with Crippen LogP contribution in [0.1, 0.15) is 21.5 Å². The van der Waals surface area contributed by atoms with Crippen LogP contribution in [0.15, 0.2) is 36.4 Å². The van der Waals surface area contributed by atoms with Crippen LogP contribution in [-0.4, -0.2) is 5.91 Å². The number of rotatable bonds is 5. The fraction of sp³-hybridized carbons (Fsp3) is 0.133. The van der Waals surface area contributed by atoms with E-state index in [0.717, 1.165) is 18.2 Å². The minimum absolute atomic E-state index is 0.0871. The largest absolute Gasteiger partial charge is 0.366 e. The highest BCUT2D eigenvalue weighted by atomic mass is 19.1. The average Bonchev–Trinajstić information content (AvgIpc) is 2.43. The van der Waals surface area contributed by atoms with E-state index in [4.69, 9.17) is 5.73 Å². The van der Waals surface area contributed by atoms with Crippen molar-refractivity contribution in [1.82, 2.24) is 5.32 Å². The normalized spacial score (nSPS) is 10.6. The molecule has 0 aliphatic carbocycles. The summed E-state index contributed by atoms with van der Waals surface area (Å²) in [5, 5.41) is 2.83. The lowest BCUT2D eigenvalue weighted by atomic mass is 10.1. The van der Waals surface area contributed by atoms with Gasteiger partial charge in [-0.15, -0.1) is 0 Å². The van der Waals surface area contributed by atoms with Gasteiger partial charge in [0.15, 0.2) is 0 Å². The fourth-order valence-corrected chi connectivity index (χ4v) is 1.86. The Hall–Kier alpha value is -2.34. The van der Waals surface area contributed by atoms with E-state index >= 15 is 0 Å². The zero-order valence-corrected chi connectivity index (χ0v) is 11.0. The molecule has 1 amide bonds. The SMILES string of the molecule is NC(=O)c1ccc(F)c(CNCc2ccc(F)cc2F)c1. The van der Waals surface area contributed by atoms with Crippen molar-refractivity contribution in [2.24, 2.45) is 5.73 Å². The standard InChI is InChI=1S/C15H13F3N2O/c16-12-3-1-10(14(18)6-12)7-20-8-11-5-9(15(19)21)2-4-13(11)17/h1-6,20H,7-8H2,(H2,19,21). The first-order valence-electron chi connectivity index (χ1n) is 6.20. The molecule has 110 valence electrons. The third kappa shape index (κ3) is 3.82. The van der Waals surface area contributed by atoms with E-state index < -0.39 is 23.4 Å². The van der Waals surface area contributed by atoms with Crippen LogP contribution in [0.5, 0.6) is 0 Å². The van der Waals surface area contributed by atoms with Crippen molar-refractivity contribution >= 4 is 5.91 Å². The van der Waals surface area contributed by atoms with Crippen LogP contribution in [0.3, 0.4) is 0 Å². The van der Waals surface area contributed by atoms with Gasteiger partial charge in [0.05, 0.1) is 0 Å². The summed E-state index contributed by atoms with van der Waals surface area (Å²) >= 11 is 0. The van der Waals surface area contributed by atoms with Crippen LogP contribution in [0, 0.1) is 17.5 Å². The first-order chi connectivity index (χ1) is 9.97. The third-order valence-corrected chi connectivity index (χ3v) is 2.98. The van der Waals surface area contributed by atoms with Gasteiger partial charge in [-0.1, -0.05) is 6.07 Å². The van der Waals surface area contributed by atoms with Crippen LogP contribution < -0.4 is 11.1 Å². The molecule has 0 saturated carbocycles. The highest BCUT2D eigenvalue weighted by Gasteiger charge is 2.08. The van der Waals surface area contributed by atoms with E-state index in [-0.39, 0.29) is 29.8 Å². The van der Waals surface area contributed by atoms with E-state index in [0.29, 0.717) is 0 Å². The summed E-state index contributed by atoms with van der Waals surface area (Å²) in [6, 6.07) is 7.02. The molecule has 0 fully saturated rings. The Morgan fingerprint density at radius 3 is 2.33 bits per heavy atom. The first kappa shape index (κ1) is 15.1. The second-order valence-corrected chi connectivity index (χ2v) is 4.51. The second-order valence-electron chi connectivity index (χ2n) is 4.51. The maximum atomic E-state index is 13.6. The number of primary amides is 1. The molecule has 0 radical (unpaired) electrons. The summed E-state index contributed by atoms with van der Waals surface area (Å²) in [5.41, 5.74) is 5.83. The maximum Gasteiger partial charge on any atom is 0.248 e. The minimum atomic E-state index is -0.672. The molecule has 0 heterocycles. The predicted molar refractivity (Wildman–Crippen MR) is 71.8 cm³/mol. The molecule has 2 aromatic carbocycles. The number of hydrogen-bond acceptors (Lipinski definition) is 2. The molecule has 0 aliphatic rings. The first-order valence-corrected chi connectivity index (χ1v) is 6.20. The van der Waals surface area contributed by atoms with Crippen molar-refractivity contribution in [2.45, 2.75) is 13.1 Å². The van der Waals surface area contributed by atoms with Crippen molar-refractivity contribution in [2.75, 3.05) is 0 Å². The van der Waals surface area contributed by atoms with Crippen LogP contribution >= 0.6 is 0 Å². The number of nitrogens with one attached hydrogen (secondary N) is 1. The third-order valence-electron chi connectivity index (χ3n) is 2.98. The van der Waals surface area contributed by atoms with E-state index in [9.17, 15) is 18.0 Å². The monoisotopic (exact) mass is 294 g/mol. The van der Waals surface area contributed by atoms with Crippen molar-refractivity contribution in [3.8, 4) is 0 Å². The molecule has 0 unspecified atom stereocenters. The lowest BCUT2D eigenvalue weighted by molar-refractivity contribution is 0.1000. The van der Waals surface area contributed by atoms with Gasteiger partial charge in [-0.2, -0.15) is 0 Å². The zero-order chi connectivity index (χ0) is 15.4. The number of hydrogen-bond donors (Lipinski definition) is 2. The lowest BCUT2D eigenvalue weighted by Crippen LogP contribution is -2.16. The maximum absolute atomic E-state index is 13.6. The Bertz CT molecular complexity index is 674. The molecule has 2 aromatic rings. The summed E-state index contributed by atoms with van der Waals surface area (Å²) in [7, 11) is 0. The fourth-order valence-electron chi connectivity index (χ4n) is 1.86. The van der Waals surface area contributed by atoms with E-state index in [2.05, 4.69) is 5.32 Å². The lowest BCUT2D eigenvalue weighted by Gasteiger charge is -2.08. The summed E-state index contributed by atoms with van der Waals surface area (Å²) < 4.78 is 39.7. The second kappa shape index (κ2) is 6.41. The summed E-state index contributed by atoms with van der Waals surface area (Å²) in [5.74, 6) is -2.47. The quantitative estimate of drug-likeness (QED) is 0.890. The summed E-state index contributed by atoms with van der Waals surface area (Å²) in [6.45, 7) is 0.191. The molecule has 0 aromatic heterocycles. The van der Waals surface area contributed by atoms with Crippen molar-refractivity contribution in [1.29, 1.82) is 0 Å². The van der Waals surface area contributed by atoms with Crippen molar-refractivity contribution in [3.63, 3.8) is 0 Å². The zero-order valence-electron chi connectivity index (χ0n) is 11.0. The van der Waals surface area contributed by atoms with Gasteiger partial charge in [0.1, 0.15) is 17.5 Å². The van der Waals surface area contributed by atoms with Gasteiger partial charge in [0, 0.05) is 35.8 Å². The number of carbonyl (C=O) groups is 1. The Labute approximate surface area is 119 Å². The summed E-state index contributed by atoms with van der Waals surface area (Å²) in [4.78, 5) is 11.0. The topological polar surface area (TPSA) is 55.1 Å². The molecule has 3 nitrogen and oxygen atoms in total. The molecule has 0 aliphatic heterocycles. The van der Waals surface area contributed by atoms with Gasteiger partial charge in [-0.3, -0.25) is 4.79 Å². The van der Waals surface area contributed by atoms with Gasteiger partial charge in [-0.05, 0) is 24.3 Å². The molecular weight excluding hydrogens is 281 g/mol. The van der Waals surface area contributed by atoms with Gasteiger partial charge in [0.25, 0.3) is 0 Å². The van der Waals surface area contributed by atoms with Crippen molar-refractivity contribution in [3.05, 3.63) is 70.5 Å². The Kier molecular flexibility index (Phi) is 4.59. The molecule has 0 spiro atoms. The molecule has 6 heteroatoms. The van der Waals surface area contributed by atoms with Gasteiger partial charge in [-0.25, -0.2) is 13.2 Å². The number of carbonyl (C=O) groups excluding carboxylic acids is 1. The minimum Gasteiger partial charge on any atom is -0.366 e. The Balaban J connectivity index is 2.03. The molecule has 3 N–H and O–H groups in total. The van der Waals surface area contributed by atoms with Gasteiger partial charge >= 0.3 is 0 Å². The molecule has 0 atom stereocenters. The number of nitrogens with two attached hydrogens (primary N) is 1. The van der Waals surface area contributed by atoms with Crippen LogP contribution in [0.4, 0.5) is 13.2 Å². The Morgan fingerprint density at radius 2 is 1.67 bits per heavy atom. The van der Waals surface area contributed by atoms with E-state index in [1.807, 2.05) is 0 Å². The van der Waals surface area contributed by atoms with E-state index in [1.165, 1.54) is 18.2 Å². The molecule has 0 bridgehead atoms. The van der Waals surface area contributed by atoms with Crippen LogP contribution in [0.25, 0.3) is 0 Å². The molecule has 21 heavy (non-hydrogen) atoms. The Morgan fingerprint density at radius 1 is 0.952 bits per heavy atom. The van der Waals surface area contributed by atoms with Gasteiger partial charge in [0.2, 0.25) is 5.91 Å². The van der Waals surface area contributed by atoms with Crippen LogP contribution in [0.2, 0.25) is 0 Å². The number of benzene rings is 2.